The number of carbonyl (C=O) groups is 2. The van der Waals surface area contributed by atoms with E-state index in [0.29, 0.717) is 12.8 Å². The Morgan fingerprint density at radius 1 is 1.06 bits per heavy atom. The predicted molar refractivity (Wildman–Crippen MR) is 70.0 cm³/mol. The average molecular weight is 254 g/mol. The van der Waals surface area contributed by atoms with E-state index in [1.807, 2.05) is 13.8 Å². The quantitative estimate of drug-likeness (QED) is 0.469. The van der Waals surface area contributed by atoms with E-state index < -0.39 is 11.9 Å². The number of hydrogen-bond donors (Lipinski definition) is 0. The van der Waals surface area contributed by atoms with Gasteiger partial charge in [-0.15, -0.1) is 0 Å². The summed E-state index contributed by atoms with van der Waals surface area (Å²) < 4.78 is 10.4. The van der Waals surface area contributed by atoms with Crippen molar-refractivity contribution in [2.24, 2.45) is 0 Å². The van der Waals surface area contributed by atoms with Crippen LogP contribution < -0.4 is 0 Å². The minimum Gasteiger partial charge on any atom is -0.459 e. The largest absolute Gasteiger partial charge is 0.459 e. The average Bonchev–Trinajstić information content (AvgIpc) is 2.37. The number of carbonyl (C=O) groups excluding carboxylic acids is 2. The molecule has 0 aromatic carbocycles. The molecule has 2 unspecified atom stereocenters. The molecule has 0 aromatic heterocycles. The summed E-state index contributed by atoms with van der Waals surface area (Å²) in [6.45, 7) is 10.6. The molecular weight excluding hydrogens is 232 g/mol. The summed E-state index contributed by atoms with van der Waals surface area (Å²) in [4.78, 5) is 22.3. The topological polar surface area (TPSA) is 52.6 Å². The van der Waals surface area contributed by atoms with Crippen molar-refractivity contribution < 1.29 is 19.1 Å². The van der Waals surface area contributed by atoms with E-state index in [9.17, 15) is 9.59 Å². The molecule has 0 amide bonds. The molecule has 102 valence electrons. The third-order valence-electron chi connectivity index (χ3n) is 2.49. The highest BCUT2D eigenvalue weighted by atomic mass is 16.6. The summed E-state index contributed by atoms with van der Waals surface area (Å²) in [7, 11) is 0. The van der Waals surface area contributed by atoms with Gasteiger partial charge in [-0.25, -0.2) is 9.59 Å². The van der Waals surface area contributed by atoms with E-state index >= 15 is 0 Å². The lowest BCUT2D eigenvalue weighted by Gasteiger charge is -2.22. The molecule has 18 heavy (non-hydrogen) atoms. The highest BCUT2D eigenvalue weighted by Crippen LogP contribution is 2.15. The second kappa shape index (κ2) is 9.45. The summed E-state index contributed by atoms with van der Waals surface area (Å²) in [6, 6.07) is 0. The lowest BCUT2D eigenvalue weighted by atomic mass is 10.1. The molecule has 4 nitrogen and oxygen atoms in total. The maximum atomic E-state index is 11.2. The fourth-order valence-corrected chi connectivity index (χ4v) is 1.56. The molecule has 0 aliphatic rings. The fraction of sp³-hybridized carbons (Fsp3) is 0.571. The molecule has 0 radical (unpaired) electrons. The number of hydrogen-bond acceptors (Lipinski definition) is 4. The molecule has 0 aliphatic heterocycles. The van der Waals surface area contributed by atoms with Crippen LogP contribution in [0.4, 0.5) is 0 Å². The molecule has 0 aromatic rings. The molecule has 0 heterocycles. The zero-order valence-electron chi connectivity index (χ0n) is 11.2. The van der Waals surface area contributed by atoms with Crippen LogP contribution in [0, 0.1) is 0 Å². The van der Waals surface area contributed by atoms with Gasteiger partial charge >= 0.3 is 11.9 Å². The van der Waals surface area contributed by atoms with Crippen LogP contribution in [0.2, 0.25) is 0 Å². The molecule has 0 aliphatic carbocycles. The summed E-state index contributed by atoms with van der Waals surface area (Å²) in [5.41, 5.74) is 0. The lowest BCUT2D eigenvalue weighted by Crippen LogP contribution is -2.26. The predicted octanol–water partition coefficient (Wildman–Crippen LogP) is 2.78. The number of rotatable bonds is 9. The monoisotopic (exact) mass is 254 g/mol. The SMILES string of the molecule is C=CC(=O)OC(CC)CC(CCC)OC(=O)C=C. The van der Waals surface area contributed by atoms with E-state index in [4.69, 9.17) is 9.47 Å². The lowest BCUT2D eigenvalue weighted by molar-refractivity contribution is -0.149. The molecule has 0 spiro atoms. The van der Waals surface area contributed by atoms with Gasteiger partial charge in [0, 0.05) is 18.6 Å². The molecule has 0 bridgehead atoms. The third kappa shape index (κ3) is 6.89. The van der Waals surface area contributed by atoms with Gasteiger partial charge in [0.2, 0.25) is 0 Å². The Labute approximate surface area is 109 Å². The normalized spacial score (nSPS) is 13.2. The van der Waals surface area contributed by atoms with Crippen LogP contribution in [0.25, 0.3) is 0 Å². The molecule has 0 fully saturated rings. The van der Waals surface area contributed by atoms with E-state index in [-0.39, 0.29) is 12.2 Å². The minimum absolute atomic E-state index is 0.247. The first-order chi connectivity index (χ1) is 8.57. The van der Waals surface area contributed by atoms with Crippen molar-refractivity contribution >= 4 is 11.9 Å². The fourth-order valence-electron chi connectivity index (χ4n) is 1.56. The number of esters is 2. The van der Waals surface area contributed by atoms with Crippen molar-refractivity contribution in [3.63, 3.8) is 0 Å². The van der Waals surface area contributed by atoms with Gasteiger partial charge < -0.3 is 9.47 Å². The first kappa shape index (κ1) is 16.4. The van der Waals surface area contributed by atoms with Gasteiger partial charge in [-0.3, -0.25) is 0 Å². The maximum Gasteiger partial charge on any atom is 0.330 e. The molecule has 2 atom stereocenters. The van der Waals surface area contributed by atoms with Gasteiger partial charge in [-0.05, 0) is 12.8 Å². The zero-order chi connectivity index (χ0) is 14.0. The van der Waals surface area contributed by atoms with Crippen molar-refractivity contribution in [1.29, 1.82) is 0 Å². The summed E-state index contributed by atoms with van der Waals surface area (Å²) in [5.74, 6) is -0.898. The Morgan fingerprint density at radius 3 is 1.94 bits per heavy atom. The van der Waals surface area contributed by atoms with Gasteiger partial charge in [0.15, 0.2) is 0 Å². The molecule has 0 saturated carbocycles. The van der Waals surface area contributed by atoms with E-state index in [1.165, 1.54) is 0 Å². The summed E-state index contributed by atoms with van der Waals surface area (Å²) in [5, 5.41) is 0. The van der Waals surface area contributed by atoms with Crippen LogP contribution in [0.15, 0.2) is 25.3 Å². The Bertz CT molecular complexity index is 296. The molecular formula is C14H22O4. The van der Waals surface area contributed by atoms with Crippen molar-refractivity contribution in [1.82, 2.24) is 0 Å². The minimum atomic E-state index is -0.452. The zero-order valence-corrected chi connectivity index (χ0v) is 11.2. The number of ether oxygens (including phenoxy) is 2. The van der Waals surface area contributed by atoms with Crippen LogP contribution in [0.1, 0.15) is 39.5 Å². The van der Waals surface area contributed by atoms with Gasteiger partial charge in [0.1, 0.15) is 12.2 Å². The van der Waals surface area contributed by atoms with Crippen molar-refractivity contribution in [3.8, 4) is 0 Å². The van der Waals surface area contributed by atoms with Crippen LogP contribution in [0.5, 0.6) is 0 Å². The van der Waals surface area contributed by atoms with E-state index in [0.717, 1.165) is 25.0 Å². The Kier molecular flexibility index (Phi) is 8.62. The maximum absolute atomic E-state index is 11.2. The Morgan fingerprint density at radius 2 is 1.56 bits per heavy atom. The smallest absolute Gasteiger partial charge is 0.330 e. The standard InChI is InChI=1S/C14H22O4/c1-5-9-12(18-14(16)8-4)10-11(6-2)17-13(15)7-3/h7-8,11-12H,3-6,9-10H2,1-2H3. The Balaban J connectivity index is 4.41. The Hall–Kier alpha value is -1.58. The summed E-state index contributed by atoms with van der Waals surface area (Å²) >= 11 is 0. The van der Waals surface area contributed by atoms with Gasteiger partial charge in [0.25, 0.3) is 0 Å². The van der Waals surface area contributed by atoms with Crippen LogP contribution >= 0.6 is 0 Å². The van der Waals surface area contributed by atoms with E-state index in [1.54, 1.807) is 0 Å². The third-order valence-corrected chi connectivity index (χ3v) is 2.49. The highest BCUT2D eigenvalue weighted by Gasteiger charge is 2.19. The first-order valence-electron chi connectivity index (χ1n) is 6.23. The molecule has 0 N–H and O–H groups in total. The van der Waals surface area contributed by atoms with Crippen LogP contribution in [-0.4, -0.2) is 24.1 Å². The van der Waals surface area contributed by atoms with Gasteiger partial charge in [-0.1, -0.05) is 33.4 Å². The second-order valence-corrected chi connectivity index (χ2v) is 3.96. The van der Waals surface area contributed by atoms with Gasteiger partial charge in [-0.2, -0.15) is 0 Å². The van der Waals surface area contributed by atoms with Crippen LogP contribution in [0.3, 0.4) is 0 Å². The van der Waals surface area contributed by atoms with Crippen molar-refractivity contribution in [2.75, 3.05) is 0 Å². The summed E-state index contributed by atoms with van der Waals surface area (Å²) in [6.07, 6.45) is 4.57. The van der Waals surface area contributed by atoms with Crippen LogP contribution in [-0.2, 0) is 19.1 Å². The van der Waals surface area contributed by atoms with Crippen molar-refractivity contribution in [2.45, 2.75) is 51.7 Å². The second-order valence-electron chi connectivity index (χ2n) is 3.96. The van der Waals surface area contributed by atoms with Gasteiger partial charge in [0.05, 0.1) is 0 Å². The molecule has 0 saturated heterocycles. The molecule has 4 heteroatoms. The molecule has 0 rings (SSSR count). The van der Waals surface area contributed by atoms with E-state index in [2.05, 4.69) is 13.2 Å². The van der Waals surface area contributed by atoms with Crippen molar-refractivity contribution in [3.05, 3.63) is 25.3 Å². The highest BCUT2D eigenvalue weighted by molar-refractivity contribution is 5.81. The first-order valence-corrected chi connectivity index (χ1v) is 6.23.